The van der Waals surface area contributed by atoms with Gasteiger partial charge >= 0.3 is 6.03 Å². The Morgan fingerprint density at radius 3 is 2.23 bits per heavy atom. The molecule has 0 radical (unpaired) electrons. The van der Waals surface area contributed by atoms with Crippen molar-refractivity contribution in [1.82, 2.24) is 14.7 Å². The Kier molecular flexibility index (Phi) is 8.99. The van der Waals surface area contributed by atoms with Crippen molar-refractivity contribution in [2.45, 2.75) is 34.1 Å². The molecule has 3 amide bonds. The van der Waals surface area contributed by atoms with Crippen LogP contribution in [0.5, 0.6) is 5.75 Å². The van der Waals surface area contributed by atoms with Gasteiger partial charge in [-0.05, 0) is 69.2 Å². The lowest BCUT2D eigenvalue weighted by atomic mass is 10.1. The summed E-state index contributed by atoms with van der Waals surface area (Å²) < 4.78 is 7.22. The summed E-state index contributed by atoms with van der Waals surface area (Å²) in [6, 6.07) is 24.6. The maximum atomic E-state index is 13.4. The number of amides is 3. The van der Waals surface area contributed by atoms with Crippen LogP contribution in [0.1, 0.15) is 31.5 Å². The summed E-state index contributed by atoms with van der Waals surface area (Å²) in [5.41, 5.74) is 5.16. The molecule has 8 nitrogen and oxygen atoms in total. The van der Waals surface area contributed by atoms with Gasteiger partial charge in [-0.25, -0.2) is 9.48 Å². The van der Waals surface area contributed by atoms with Gasteiger partial charge in [0.15, 0.2) is 0 Å². The van der Waals surface area contributed by atoms with Crippen molar-refractivity contribution >= 4 is 23.4 Å². The highest BCUT2D eigenvalue weighted by molar-refractivity contribution is 5.99. The lowest BCUT2D eigenvalue weighted by Gasteiger charge is -2.22. The third kappa shape index (κ3) is 6.84. The van der Waals surface area contributed by atoms with Crippen molar-refractivity contribution in [3.8, 4) is 22.6 Å². The van der Waals surface area contributed by atoms with Gasteiger partial charge in [0.25, 0.3) is 0 Å². The molecule has 0 fully saturated rings. The van der Waals surface area contributed by atoms with Crippen LogP contribution in [-0.2, 0) is 4.79 Å². The van der Waals surface area contributed by atoms with E-state index in [1.807, 2.05) is 82.3 Å². The topological polar surface area (TPSA) is 88.5 Å². The normalized spacial score (nSPS) is 10.7. The summed E-state index contributed by atoms with van der Waals surface area (Å²) in [6.45, 7) is 8.73. The van der Waals surface area contributed by atoms with Gasteiger partial charge in [-0.3, -0.25) is 4.79 Å². The van der Waals surface area contributed by atoms with E-state index in [1.54, 1.807) is 28.9 Å². The van der Waals surface area contributed by atoms with Crippen molar-refractivity contribution in [2.75, 3.05) is 30.3 Å². The molecular formula is C31H35N5O3. The van der Waals surface area contributed by atoms with E-state index in [-0.39, 0.29) is 18.5 Å². The third-order valence-corrected chi connectivity index (χ3v) is 6.19. The maximum Gasteiger partial charge on any atom is 0.322 e. The average Bonchev–Trinajstić information content (AvgIpc) is 3.25. The number of aryl methyl sites for hydroxylation is 2. The minimum absolute atomic E-state index is 0.108. The minimum atomic E-state index is -0.345. The fourth-order valence-electron chi connectivity index (χ4n) is 4.34. The summed E-state index contributed by atoms with van der Waals surface area (Å²) in [7, 11) is 0. The first-order valence-electron chi connectivity index (χ1n) is 13.2. The third-order valence-electron chi connectivity index (χ3n) is 6.19. The van der Waals surface area contributed by atoms with Crippen LogP contribution in [-0.4, -0.2) is 46.3 Å². The Morgan fingerprint density at radius 2 is 1.59 bits per heavy atom. The predicted octanol–water partition coefficient (Wildman–Crippen LogP) is 6.44. The Morgan fingerprint density at radius 1 is 0.897 bits per heavy atom. The van der Waals surface area contributed by atoms with E-state index in [0.29, 0.717) is 31.1 Å². The monoisotopic (exact) mass is 525 g/mol. The molecule has 1 aromatic heterocycles. The SMILES string of the molecule is CCCN(CC(=O)Nc1c(-c2ccccc2)c(C)nn1-c1ccc(C)cc1)C(=O)Nc1ccc(OCC)cc1. The highest BCUT2D eigenvalue weighted by Gasteiger charge is 2.23. The number of urea groups is 1. The summed E-state index contributed by atoms with van der Waals surface area (Å²) >= 11 is 0. The summed E-state index contributed by atoms with van der Waals surface area (Å²) in [6.07, 6.45) is 0.708. The molecule has 0 atom stereocenters. The molecule has 2 N–H and O–H groups in total. The second kappa shape index (κ2) is 12.8. The molecule has 39 heavy (non-hydrogen) atoms. The molecule has 8 heteroatoms. The molecular weight excluding hydrogens is 490 g/mol. The maximum absolute atomic E-state index is 13.4. The van der Waals surface area contributed by atoms with Gasteiger partial charge in [0.1, 0.15) is 18.1 Å². The zero-order chi connectivity index (χ0) is 27.8. The second-order valence-corrected chi connectivity index (χ2v) is 9.28. The van der Waals surface area contributed by atoms with Gasteiger partial charge in [-0.1, -0.05) is 55.0 Å². The van der Waals surface area contributed by atoms with Crippen LogP contribution in [0.15, 0.2) is 78.9 Å². The number of anilines is 2. The van der Waals surface area contributed by atoms with Gasteiger partial charge in [0, 0.05) is 17.8 Å². The number of benzene rings is 3. The van der Waals surface area contributed by atoms with Crippen LogP contribution < -0.4 is 15.4 Å². The first-order valence-corrected chi connectivity index (χ1v) is 13.2. The zero-order valence-electron chi connectivity index (χ0n) is 22.9. The van der Waals surface area contributed by atoms with E-state index in [4.69, 9.17) is 9.84 Å². The molecule has 0 aliphatic carbocycles. The number of aromatic nitrogens is 2. The molecule has 4 aromatic rings. The average molecular weight is 526 g/mol. The molecule has 0 saturated heterocycles. The fraction of sp³-hybridized carbons (Fsp3) is 0.258. The van der Waals surface area contributed by atoms with Crippen LogP contribution >= 0.6 is 0 Å². The fourth-order valence-corrected chi connectivity index (χ4v) is 4.34. The van der Waals surface area contributed by atoms with Crippen LogP contribution in [0.25, 0.3) is 16.8 Å². The van der Waals surface area contributed by atoms with Crippen molar-refractivity contribution in [3.05, 3.63) is 90.1 Å². The number of ether oxygens (including phenoxy) is 1. The van der Waals surface area contributed by atoms with Crippen molar-refractivity contribution in [3.63, 3.8) is 0 Å². The Balaban J connectivity index is 1.57. The number of hydrogen-bond donors (Lipinski definition) is 2. The zero-order valence-corrected chi connectivity index (χ0v) is 22.9. The first-order chi connectivity index (χ1) is 18.9. The predicted molar refractivity (Wildman–Crippen MR) is 156 cm³/mol. The van der Waals surface area contributed by atoms with Crippen LogP contribution in [0.3, 0.4) is 0 Å². The van der Waals surface area contributed by atoms with Gasteiger partial charge in [0.05, 0.1) is 18.0 Å². The van der Waals surface area contributed by atoms with E-state index < -0.39 is 0 Å². The molecule has 0 aliphatic heterocycles. The van der Waals surface area contributed by atoms with Crippen molar-refractivity contribution < 1.29 is 14.3 Å². The lowest BCUT2D eigenvalue weighted by Crippen LogP contribution is -2.41. The Hall–Kier alpha value is -4.59. The number of nitrogens with one attached hydrogen (secondary N) is 2. The van der Waals surface area contributed by atoms with E-state index in [9.17, 15) is 9.59 Å². The quantitative estimate of drug-likeness (QED) is 0.249. The van der Waals surface area contributed by atoms with Gasteiger partial charge < -0.3 is 20.3 Å². The molecule has 3 aromatic carbocycles. The molecule has 0 aliphatic rings. The Labute approximate surface area is 229 Å². The largest absolute Gasteiger partial charge is 0.494 e. The number of rotatable bonds is 10. The highest BCUT2D eigenvalue weighted by atomic mass is 16.5. The number of carbonyl (C=O) groups excluding carboxylic acids is 2. The molecule has 0 bridgehead atoms. The second-order valence-electron chi connectivity index (χ2n) is 9.28. The Bertz CT molecular complexity index is 1400. The van der Waals surface area contributed by atoms with Crippen LogP contribution in [0.2, 0.25) is 0 Å². The van der Waals surface area contributed by atoms with E-state index >= 15 is 0 Å². The van der Waals surface area contributed by atoms with Crippen LogP contribution in [0.4, 0.5) is 16.3 Å². The molecule has 202 valence electrons. The summed E-state index contributed by atoms with van der Waals surface area (Å²) in [5.74, 6) is 0.988. The smallest absolute Gasteiger partial charge is 0.322 e. The minimum Gasteiger partial charge on any atom is -0.494 e. The molecule has 1 heterocycles. The highest BCUT2D eigenvalue weighted by Crippen LogP contribution is 2.33. The first kappa shape index (κ1) is 27.4. The number of nitrogens with zero attached hydrogens (tertiary/aromatic N) is 3. The molecule has 0 saturated carbocycles. The summed E-state index contributed by atoms with van der Waals surface area (Å²) in [5, 5.41) is 10.7. The number of carbonyl (C=O) groups is 2. The van der Waals surface area contributed by atoms with E-state index in [1.165, 1.54) is 4.90 Å². The van der Waals surface area contributed by atoms with Crippen molar-refractivity contribution in [2.24, 2.45) is 0 Å². The summed E-state index contributed by atoms with van der Waals surface area (Å²) in [4.78, 5) is 28.0. The molecule has 0 spiro atoms. The van der Waals surface area contributed by atoms with E-state index in [0.717, 1.165) is 33.8 Å². The van der Waals surface area contributed by atoms with Gasteiger partial charge in [-0.2, -0.15) is 5.10 Å². The lowest BCUT2D eigenvalue weighted by molar-refractivity contribution is -0.116. The standard InChI is InChI=1S/C31H35N5O3/c1-5-20-35(31(38)32-25-14-18-27(19-15-25)39-6-2)21-28(37)33-30-29(24-10-8-7-9-11-24)23(4)34-36(30)26-16-12-22(3)13-17-26/h7-19H,5-6,20-21H2,1-4H3,(H,32,38)(H,33,37). The molecule has 4 rings (SSSR count). The van der Waals surface area contributed by atoms with Crippen molar-refractivity contribution in [1.29, 1.82) is 0 Å². The van der Waals surface area contributed by atoms with Gasteiger partial charge in [-0.15, -0.1) is 0 Å². The van der Waals surface area contributed by atoms with Crippen LogP contribution in [0, 0.1) is 13.8 Å². The molecule has 0 unspecified atom stereocenters. The van der Waals surface area contributed by atoms with E-state index in [2.05, 4.69) is 10.6 Å². The van der Waals surface area contributed by atoms with Gasteiger partial charge in [0.2, 0.25) is 5.91 Å². The number of hydrogen-bond acceptors (Lipinski definition) is 4.